The van der Waals surface area contributed by atoms with Crippen LogP contribution in [0.4, 0.5) is 0 Å². The van der Waals surface area contributed by atoms with E-state index in [1.807, 2.05) is 0 Å². The van der Waals surface area contributed by atoms with Crippen molar-refractivity contribution in [3.05, 3.63) is 12.2 Å². The molecule has 0 aliphatic heterocycles. The molecule has 0 saturated carbocycles. The van der Waals surface area contributed by atoms with Crippen molar-refractivity contribution < 1.29 is 19.4 Å². The third-order valence-corrected chi connectivity index (χ3v) is 1.12. The lowest BCUT2D eigenvalue weighted by atomic mass is 10.4. The molecule has 1 N–H and O–H groups in total. The van der Waals surface area contributed by atoms with Crippen molar-refractivity contribution >= 4 is 5.97 Å². The second-order valence-corrected chi connectivity index (χ2v) is 3.21. The molecule has 13 heavy (non-hydrogen) atoms. The molecule has 0 atom stereocenters. The van der Waals surface area contributed by atoms with Crippen LogP contribution >= 0.6 is 0 Å². The van der Waals surface area contributed by atoms with Crippen LogP contribution < -0.4 is 0 Å². The number of esters is 1. The maximum atomic E-state index is 10.8. The number of carbonyl (C=O) groups is 1. The zero-order valence-corrected chi connectivity index (χ0v) is 8.29. The Morgan fingerprint density at radius 1 is 1.46 bits per heavy atom. The van der Waals surface area contributed by atoms with Crippen molar-refractivity contribution in [2.24, 2.45) is 0 Å². The molecule has 0 aromatic rings. The van der Waals surface area contributed by atoms with Crippen LogP contribution in [0.3, 0.4) is 0 Å². The Labute approximate surface area is 78.2 Å². The Kier molecular flexibility index (Phi) is 4.66. The highest BCUT2D eigenvalue weighted by Crippen LogP contribution is 2.02. The van der Waals surface area contributed by atoms with Gasteiger partial charge in [-0.2, -0.15) is 0 Å². The van der Waals surface area contributed by atoms with Gasteiger partial charge in [-0.15, -0.1) is 0 Å². The van der Waals surface area contributed by atoms with Crippen LogP contribution in [0.15, 0.2) is 12.2 Å². The average Bonchev–Trinajstić information content (AvgIpc) is 1.95. The highest BCUT2D eigenvalue weighted by Gasteiger charge is 2.12. The standard InChI is InChI=1S/C9H16O4/c1-7(2)8(10)12-5-6-13-9(3,4)11/h11H,1,5-6H2,2-4H3. The summed E-state index contributed by atoms with van der Waals surface area (Å²) in [5.41, 5.74) is 0.350. The van der Waals surface area contributed by atoms with Gasteiger partial charge >= 0.3 is 5.97 Å². The molecule has 0 aromatic carbocycles. The molecule has 76 valence electrons. The summed E-state index contributed by atoms with van der Waals surface area (Å²) >= 11 is 0. The summed E-state index contributed by atoms with van der Waals surface area (Å²) in [4.78, 5) is 10.8. The van der Waals surface area contributed by atoms with E-state index < -0.39 is 11.8 Å². The quantitative estimate of drug-likeness (QED) is 0.301. The van der Waals surface area contributed by atoms with Gasteiger partial charge in [0.2, 0.25) is 0 Å². The topological polar surface area (TPSA) is 55.8 Å². The summed E-state index contributed by atoms with van der Waals surface area (Å²) in [6.07, 6.45) is 0. The minimum atomic E-state index is -1.18. The number of ether oxygens (including phenoxy) is 2. The van der Waals surface area contributed by atoms with Gasteiger partial charge in [0.05, 0.1) is 6.61 Å². The Hall–Kier alpha value is -0.870. The van der Waals surface area contributed by atoms with E-state index in [1.54, 1.807) is 6.92 Å². The van der Waals surface area contributed by atoms with E-state index in [1.165, 1.54) is 13.8 Å². The second-order valence-electron chi connectivity index (χ2n) is 3.21. The van der Waals surface area contributed by atoms with Gasteiger partial charge in [0.25, 0.3) is 0 Å². The monoisotopic (exact) mass is 188 g/mol. The molecular weight excluding hydrogens is 172 g/mol. The predicted molar refractivity (Wildman–Crippen MR) is 48.0 cm³/mol. The van der Waals surface area contributed by atoms with E-state index in [-0.39, 0.29) is 13.2 Å². The van der Waals surface area contributed by atoms with E-state index in [0.717, 1.165) is 0 Å². The van der Waals surface area contributed by atoms with E-state index in [4.69, 9.17) is 14.6 Å². The summed E-state index contributed by atoms with van der Waals surface area (Å²) < 4.78 is 9.63. The molecule has 0 heterocycles. The Morgan fingerprint density at radius 3 is 2.38 bits per heavy atom. The van der Waals surface area contributed by atoms with Crippen molar-refractivity contribution in [2.45, 2.75) is 26.6 Å². The van der Waals surface area contributed by atoms with Crippen molar-refractivity contribution in [2.75, 3.05) is 13.2 Å². The fourth-order valence-corrected chi connectivity index (χ4v) is 0.549. The maximum absolute atomic E-state index is 10.8. The third-order valence-electron chi connectivity index (χ3n) is 1.12. The van der Waals surface area contributed by atoms with Gasteiger partial charge < -0.3 is 14.6 Å². The van der Waals surface area contributed by atoms with Gasteiger partial charge in [-0.25, -0.2) is 4.79 Å². The Bertz CT molecular complexity index is 190. The van der Waals surface area contributed by atoms with Crippen molar-refractivity contribution in [1.82, 2.24) is 0 Å². The first-order valence-electron chi connectivity index (χ1n) is 4.02. The van der Waals surface area contributed by atoms with Gasteiger partial charge in [-0.05, 0) is 20.8 Å². The Balaban J connectivity index is 3.47. The van der Waals surface area contributed by atoms with E-state index in [2.05, 4.69) is 6.58 Å². The zero-order valence-electron chi connectivity index (χ0n) is 8.29. The summed E-state index contributed by atoms with van der Waals surface area (Å²) in [6, 6.07) is 0. The first-order valence-corrected chi connectivity index (χ1v) is 4.02. The van der Waals surface area contributed by atoms with E-state index >= 15 is 0 Å². The fraction of sp³-hybridized carbons (Fsp3) is 0.667. The van der Waals surface area contributed by atoms with Crippen LogP contribution in [0, 0.1) is 0 Å². The first-order chi connectivity index (χ1) is 5.83. The summed E-state index contributed by atoms with van der Waals surface area (Å²) in [5, 5.41) is 9.11. The van der Waals surface area contributed by atoms with Crippen LogP contribution in [0.1, 0.15) is 20.8 Å². The SMILES string of the molecule is C=C(C)C(=O)OCCOC(C)(C)O. The van der Waals surface area contributed by atoms with Crippen LogP contribution in [0.5, 0.6) is 0 Å². The predicted octanol–water partition coefficient (Wildman–Crippen LogP) is 0.851. The van der Waals surface area contributed by atoms with Crippen molar-refractivity contribution in [1.29, 1.82) is 0 Å². The number of rotatable bonds is 5. The minimum Gasteiger partial charge on any atom is -0.460 e. The minimum absolute atomic E-state index is 0.121. The maximum Gasteiger partial charge on any atom is 0.333 e. The van der Waals surface area contributed by atoms with E-state index in [9.17, 15) is 4.79 Å². The average molecular weight is 188 g/mol. The largest absolute Gasteiger partial charge is 0.460 e. The molecule has 0 amide bonds. The van der Waals surface area contributed by atoms with Crippen LogP contribution in [-0.2, 0) is 14.3 Å². The molecule has 0 bridgehead atoms. The lowest BCUT2D eigenvalue weighted by molar-refractivity contribution is -0.185. The number of hydrogen-bond acceptors (Lipinski definition) is 4. The van der Waals surface area contributed by atoms with Gasteiger partial charge in [-0.3, -0.25) is 0 Å². The molecular formula is C9H16O4. The van der Waals surface area contributed by atoms with Crippen molar-refractivity contribution in [3.63, 3.8) is 0 Å². The summed E-state index contributed by atoms with van der Waals surface area (Å²) in [5.74, 6) is -1.63. The zero-order chi connectivity index (χ0) is 10.5. The van der Waals surface area contributed by atoms with Crippen LogP contribution in [0.2, 0.25) is 0 Å². The highest BCUT2D eigenvalue weighted by atomic mass is 16.6. The molecule has 0 rings (SSSR count). The molecule has 0 unspecified atom stereocenters. The van der Waals surface area contributed by atoms with Gasteiger partial charge in [-0.1, -0.05) is 6.58 Å². The van der Waals surface area contributed by atoms with Gasteiger partial charge in [0, 0.05) is 5.57 Å². The first kappa shape index (κ1) is 12.1. The molecule has 0 aromatic heterocycles. The smallest absolute Gasteiger partial charge is 0.333 e. The van der Waals surface area contributed by atoms with Crippen LogP contribution in [-0.4, -0.2) is 30.1 Å². The lowest BCUT2D eigenvalue weighted by Crippen LogP contribution is -2.25. The number of carbonyl (C=O) groups excluding carboxylic acids is 1. The normalized spacial score (nSPS) is 11.1. The molecule has 0 aliphatic rings. The van der Waals surface area contributed by atoms with Gasteiger partial charge in [0.15, 0.2) is 5.79 Å². The van der Waals surface area contributed by atoms with Crippen LogP contribution in [0.25, 0.3) is 0 Å². The lowest BCUT2D eigenvalue weighted by Gasteiger charge is -2.17. The molecule has 0 radical (unpaired) electrons. The van der Waals surface area contributed by atoms with Gasteiger partial charge in [0.1, 0.15) is 6.61 Å². The summed E-state index contributed by atoms with van der Waals surface area (Å²) in [7, 11) is 0. The number of hydrogen-bond donors (Lipinski definition) is 1. The van der Waals surface area contributed by atoms with E-state index in [0.29, 0.717) is 5.57 Å². The molecule has 0 saturated heterocycles. The molecule has 0 spiro atoms. The number of aliphatic hydroxyl groups is 1. The molecule has 4 heteroatoms. The third kappa shape index (κ3) is 7.49. The Morgan fingerprint density at radius 2 is 2.00 bits per heavy atom. The molecule has 0 aliphatic carbocycles. The van der Waals surface area contributed by atoms with Crippen molar-refractivity contribution in [3.8, 4) is 0 Å². The summed E-state index contributed by atoms with van der Waals surface area (Å²) in [6.45, 7) is 8.29. The molecule has 0 fully saturated rings. The fourth-order valence-electron chi connectivity index (χ4n) is 0.549. The second kappa shape index (κ2) is 4.99. The molecule has 4 nitrogen and oxygen atoms in total. The highest BCUT2D eigenvalue weighted by molar-refractivity contribution is 5.86.